The van der Waals surface area contributed by atoms with Gasteiger partial charge in [0.05, 0.1) is 18.2 Å². The molecule has 0 saturated carbocycles. The number of hydrogen-bond donors (Lipinski definition) is 1. The van der Waals surface area contributed by atoms with Gasteiger partial charge in [-0.15, -0.1) is 0 Å². The van der Waals surface area contributed by atoms with Crippen molar-refractivity contribution >= 4 is 11.8 Å². The Morgan fingerprint density at radius 3 is 2.60 bits per heavy atom. The number of hydrogen-bond acceptors (Lipinski definition) is 4. The molecule has 0 aliphatic carbocycles. The first kappa shape index (κ1) is 17.4. The van der Waals surface area contributed by atoms with Crippen LogP contribution in [0.4, 0.5) is 0 Å². The SMILES string of the molecule is N#C[C@@H]1CCCN1C(=O)[C@H](Cc1ccccc1)N1CCC[C@H]1C(N)=O. The summed E-state index contributed by atoms with van der Waals surface area (Å²) in [5, 5.41) is 9.33. The van der Waals surface area contributed by atoms with Gasteiger partial charge in [0.25, 0.3) is 0 Å². The van der Waals surface area contributed by atoms with E-state index in [1.54, 1.807) is 4.90 Å². The zero-order chi connectivity index (χ0) is 17.8. The number of carbonyl (C=O) groups excluding carboxylic acids is 2. The van der Waals surface area contributed by atoms with Crippen molar-refractivity contribution in [2.45, 2.75) is 50.2 Å². The third-order valence-electron chi connectivity index (χ3n) is 5.26. The van der Waals surface area contributed by atoms with Gasteiger partial charge in [-0.05, 0) is 44.2 Å². The second-order valence-electron chi connectivity index (χ2n) is 6.82. The van der Waals surface area contributed by atoms with Crippen molar-refractivity contribution in [3.05, 3.63) is 35.9 Å². The molecule has 6 heteroatoms. The fourth-order valence-electron chi connectivity index (χ4n) is 4.01. The molecule has 2 saturated heterocycles. The summed E-state index contributed by atoms with van der Waals surface area (Å²) < 4.78 is 0. The second-order valence-corrected chi connectivity index (χ2v) is 6.82. The lowest BCUT2D eigenvalue weighted by Crippen LogP contribution is -2.55. The standard InChI is InChI=1S/C19H24N4O2/c20-13-15-8-4-10-22(15)19(25)17(12-14-6-2-1-3-7-14)23-11-5-9-16(23)18(21)24/h1-3,6-7,15-17H,4-5,8-12H2,(H2,21,24)/t15-,16-,17-/m0/s1. The summed E-state index contributed by atoms with van der Waals surface area (Å²) in [5.41, 5.74) is 6.61. The summed E-state index contributed by atoms with van der Waals surface area (Å²) in [7, 11) is 0. The van der Waals surface area contributed by atoms with E-state index in [9.17, 15) is 14.9 Å². The van der Waals surface area contributed by atoms with Gasteiger partial charge in [0.15, 0.2) is 0 Å². The van der Waals surface area contributed by atoms with E-state index >= 15 is 0 Å². The molecular formula is C19H24N4O2. The van der Waals surface area contributed by atoms with Gasteiger partial charge in [-0.2, -0.15) is 5.26 Å². The van der Waals surface area contributed by atoms with E-state index in [-0.39, 0.29) is 17.9 Å². The molecule has 0 bridgehead atoms. The first-order chi connectivity index (χ1) is 12.1. The Labute approximate surface area is 148 Å². The zero-order valence-corrected chi connectivity index (χ0v) is 14.3. The Hall–Kier alpha value is -2.39. The molecule has 2 fully saturated rings. The monoisotopic (exact) mass is 340 g/mol. The molecule has 6 nitrogen and oxygen atoms in total. The Morgan fingerprint density at radius 2 is 1.92 bits per heavy atom. The van der Waals surface area contributed by atoms with Gasteiger partial charge in [0, 0.05) is 6.54 Å². The molecule has 0 spiro atoms. The van der Waals surface area contributed by atoms with E-state index in [1.807, 2.05) is 35.2 Å². The van der Waals surface area contributed by atoms with Crippen molar-refractivity contribution in [1.29, 1.82) is 5.26 Å². The summed E-state index contributed by atoms with van der Waals surface area (Å²) in [6, 6.07) is 10.8. The van der Waals surface area contributed by atoms with Crippen LogP contribution in [0.25, 0.3) is 0 Å². The molecule has 2 aliphatic heterocycles. The first-order valence-electron chi connectivity index (χ1n) is 8.91. The van der Waals surface area contributed by atoms with Crippen molar-refractivity contribution in [2.24, 2.45) is 5.73 Å². The third kappa shape index (κ3) is 3.67. The van der Waals surface area contributed by atoms with Crippen LogP contribution in [-0.2, 0) is 16.0 Å². The van der Waals surface area contributed by atoms with Crippen molar-refractivity contribution in [1.82, 2.24) is 9.80 Å². The maximum absolute atomic E-state index is 13.3. The van der Waals surface area contributed by atoms with E-state index in [0.717, 1.165) is 24.8 Å². The molecule has 0 unspecified atom stereocenters. The molecule has 3 atom stereocenters. The molecule has 25 heavy (non-hydrogen) atoms. The van der Waals surface area contributed by atoms with Gasteiger partial charge in [-0.25, -0.2) is 0 Å². The van der Waals surface area contributed by atoms with Gasteiger partial charge < -0.3 is 10.6 Å². The molecule has 0 radical (unpaired) electrons. The summed E-state index contributed by atoms with van der Waals surface area (Å²) in [5.74, 6) is -0.428. The Morgan fingerprint density at radius 1 is 1.20 bits per heavy atom. The number of amides is 2. The predicted molar refractivity (Wildman–Crippen MR) is 93.2 cm³/mol. The van der Waals surface area contributed by atoms with Crippen LogP contribution in [0, 0.1) is 11.3 Å². The molecule has 1 aromatic carbocycles. The minimum absolute atomic E-state index is 0.0546. The highest BCUT2D eigenvalue weighted by atomic mass is 16.2. The smallest absolute Gasteiger partial charge is 0.241 e. The molecule has 2 heterocycles. The summed E-state index contributed by atoms with van der Waals surface area (Å²) in [4.78, 5) is 28.7. The van der Waals surface area contributed by atoms with Gasteiger partial charge in [-0.3, -0.25) is 14.5 Å². The Kier molecular flexibility index (Phi) is 5.34. The Balaban J connectivity index is 1.87. The molecule has 2 N–H and O–H groups in total. The van der Waals surface area contributed by atoms with Gasteiger partial charge in [0.1, 0.15) is 6.04 Å². The lowest BCUT2D eigenvalue weighted by atomic mass is 10.0. The molecule has 2 aliphatic rings. The summed E-state index contributed by atoms with van der Waals surface area (Å²) >= 11 is 0. The highest BCUT2D eigenvalue weighted by Gasteiger charge is 2.41. The van der Waals surface area contributed by atoms with Crippen LogP contribution in [0.1, 0.15) is 31.2 Å². The summed E-state index contributed by atoms with van der Waals surface area (Å²) in [6.07, 6.45) is 3.64. The van der Waals surface area contributed by atoms with Gasteiger partial charge >= 0.3 is 0 Å². The first-order valence-corrected chi connectivity index (χ1v) is 8.91. The Bertz CT molecular complexity index is 670. The number of nitrogens with zero attached hydrogens (tertiary/aromatic N) is 3. The lowest BCUT2D eigenvalue weighted by Gasteiger charge is -2.34. The van der Waals surface area contributed by atoms with Crippen molar-refractivity contribution < 1.29 is 9.59 Å². The average Bonchev–Trinajstić information content (AvgIpc) is 3.28. The maximum atomic E-state index is 13.3. The molecule has 3 rings (SSSR count). The minimum Gasteiger partial charge on any atom is -0.368 e. The zero-order valence-electron chi connectivity index (χ0n) is 14.3. The van der Waals surface area contributed by atoms with Crippen LogP contribution in [0.15, 0.2) is 30.3 Å². The topological polar surface area (TPSA) is 90.4 Å². The van der Waals surface area contributed by atoms with Crippen LogP contribution in [0.3, 0.4) is 0 Å². The highest BCUT2D eigenvalue weighted by molar-refractivity contribution is 5.85. The number of nitriles is 1. The lowest BCUT2D eigenvalue weighted by molar-refractivity contribution is -0.138. The molecule has 132 valence electrons. The fraction of sp³-hybridized carbons (Fsp3) is 0.526. The molecular weight excluding hydrogens is 316 g/mol. The third-order valence-corrected chi connectivity index (χ3v) is 5.26. The molecule has 0 aromatic heterocycles. The van der Waals surface area contributed by atoms with Crippen LogP contribution < -0.4 is 5.73 Å². The highest BCUT2D eigenvalue weighted by Crippen LogP contribution is 2.26. The van der Waals surface area contributed by atoms with Crippen LogP contribution in [0.5, 0.6) is 0 Å². The van der Waals surface area contributed by atoms with E-state index in [2.05, 4.69) is 6.07 Å². The second kappa shape index (κ2) is 7.66. The number of carbonyl (C=O) groups is 2. The van der Waals surface area contributed by atoms with E-state index in [0.29, 0.717) is 25.9 Å². The van der Waals surface area contributed by atoms with Crippen LogP contribution >= 0.6 is 0 Å². The fourth-order valence-corrected chi connectivity index (χ4v) is 4.01. The largest absolute Gasteiger partial charge is 0.368 e. The average molecular weight is 340 g/mol. The number of rotatable bonds is 5. The van der Waals surface area contributed by atoms with Gasteiger partial charge in [0.2, 0.25) is 11.8 Å². The van der Waals surface area contributed by atoms with Crippen LogP contribution in [0.2, 0.25) is 0 Å². The molecule has 2 amide bonds. The maximum Gasteiger partial charge on any atom is 0.241 e. The minimum atomic E-state index is -0.448. The summed E-state index contributed by atoms with van der Waals surface area (Å²) in [6.45, 7) is 1.29. The number of nitrogens with two attached hydrogens (primary N) is 1. The van der Waals surface area contributed by atoms with Crippen molar-refractivity contribution in [3.8, 4) is 6.07 Å². The number of benzene rings is 1. The van der Waals surface area contributed by atoms with E-state index in [1.165, 1.54) is 0 Å². The van der Waals surface area contributed by atoms with E-state index in [4.69, 9.17) is 5.73 Å². The number of primary amides is 1. The van der Waals surface area contributed by atoms with E-state index < -0.39 is 12.1 Å². The van der Waals surface area contributed by atoms with Gasteiger partial charge in [-0.1, -0.05) is 30.3 Å². The normalized spacial score (nSPS) is 24.8. The molecule has 1 aromatic rings. The van der Waals surface area contributed by atoms with Crippen molar-refractivity contribution in [2.75, 3.05) is 13.1 Å². The number of likely N-dealkylation sites (tertiary alicyclic amines) is 2. The quantitative estimate of drug-likeness (QED) is 0.868. The van der Waals surface area contributed by atoms with Crippen molar-refractivity contribution in [3.63, 3.8) is 0 Å². The van der Waals surface area contributed by atoms with Crippen LogP contribution in [-0.4, -0.2) is 52.8 Å². The predicted octanol–water partition coefficient (Wildman–Crippen LogP) is 1.06.